The number of nitrogens with one attached hydrogen (secondary N) is 3. The number of hydrogen-bond donors (Lipinski definition) is 3. The number of para-hydroxylation sites is 2. The number of amides is 2. The molecule has 2 amide bonds. The monoisotopic (exact) mass is 337 g/mol. The van der Waals surface area contributed by atoms with E-state index in [1.807, 2.05) is 37.3 Å². The molecule has 2 aromatic carbocycles. The van der Waals surface area contributed by atoms with Gasteiger partial charge >= 0.3 is 11.7 Å². The summed E-state index contributed by atoms with van der Waals surface area (Å²) in [5, 5.41) is 9.25. The molecule has 128 valence electrons. The lowest BCUT2D eigenvalue weighted by molar-refractivity contribution is 0.262. The van der Waals surface area contributed by atoms with Crippen molar-refractivity contribution < 1.29 is 9.21 Å². The van der Waals surface area contributed by atoms with E-state index < -0.39 is 11.7 Å². The Balaban J connectivity index is 1.95. The summed E-state index contributed by atoms with van der Waals surface area (Å²) in [6, 6.07) is 15.7. The van der Waals surface area contributed by atoms with Gasteiger partial charge < -0.3 is 15.1 Å². The molecule has 0 aliphatic carbocycles. The zero-order chi connectivity index (χ0) is 17.6. The van der Waals surface area contributed by atoms with Crippen molar-refractivity contribution in [2.75, 3.05) is 22.5 Å². The van der Waals surface area contributed by atoms with Crippen molar-refractivity contribution in [3.63, 3.8) is 0 Å². The van der Waals surface area contributed by atoms with Gasteiger partial charge in [-0.2, -0.15) is 0 Å². The van der Waals surface area contributed by atoms with Gasteiger partial charge in [-0.15, -0.1) is 0 Å². The molecule has 0 aliphatic rings. The largest absolute Gasteiger partial charge is 0.421 e. The van der Waals surface area contributed by atoms with Crippen LogP contribution in [0.25, 0.3) is 11.0 Å². The number of rotatable bonds is 5. The second-order valence-electron chi connectivity index (χ2n) is 5.51. The first-order valence-electron chi connectivity index (χ1n) is 8.12. The van der Waals surface area contributed by atoms with Crippen molar-refractivity contribution in [3.05, 3.63) is 65.0 Å². The lowest BCUT2D eigenvalue weighted by atomic mass is 10.2. The number of anilines is 3. The van der Waals surface area contributed by atoms with Crippen molar-refractivity contribution in [1.82, 2.24) is 0 Å². The van der Waals surface area contributed by atoms with Crippen LogP contribution in [0.5, 0.6) is 0 Å². The quantitative estimate of drug-likeness (QED) is 0.608. The Morgan fingerprint density at radius 2 is 1.68 bits per heavy atom. The number of urea groups is 1. The fraction of sp³-hybridized carbons (Fsp3) is 0.158. The minimum atomic E-state index is -0.597. The molecule has 0 saturated carbocycles. The molecule has 6 nitrogen and oxygen atoms in total. The predicted octanol–water partition coefficient (Wildman–Crippen LogP) is 4.26. The van der Waals surface area contributed by atoms with Gasteiger partial charge in [0.15, 0.2) is 5.69 Å². The maximum atomic E-state index is 12.4. The average Bonchev–Trinajstić information content (AvgIpc) is 2.62. The minimum Gasteiger partial charge on any atom is -0.421 e. The van der Waals surface area contributed by atoms with E-state index in [4.69, 9.17) is 4.42 Å². The molecule has 6 heteroatoms. The van der Waals surface area contributed by atoms with Gasteiger partial charge in [0.25, 0.3) is 0 Å². The van der Waals surface area contributed by atoms with E-state index in [0.717, 1.165) is 11.8 Å². The van der Waals surface area contributed by atoms with Crippen LogP contribution in [0.2, 0.25) is 0 Å². The van der Waals surface area contributed by atoms with E-state index in [0.29, 0.717) is 23.5 Å². The minimum absolute atomic E-state index is 0.0978. The molecule has 0 radical (unpaired) electrons. The highest BCUT2D eigenvalue weighted by Crippen LogP contribution is 2.28. The van der Waals surface area contributed by atoms with Gasteiger partial charge in [0.2, 0.25) is 0 Å². The zero-order valence-corrected chi connectivity index (χ0v) is 13.8. The van der Waals surface area contributed by atoms with Crippen LogP contribution in [0, 0.1) is 0 Å². The molecule has 3 rings (SSSR count). The topological polar surface area (TPSA) is 83.4 Å². The summed E-state index contributed by atoms with van der Waals surface area (Å²) in [6.07, 6.45) is 0.879. The molecule has 0 saturated heterocycles. The van der Waals surface area contributed by atoms with Crippen LogP contribution in [0.4, 0.5) is 21.9 Å². The number of hydrogen-bond acceptors (Lipinski definition) is 4. The molecular formula is C19H19N3O3. The van der Waals surface area contributed by atoms with Gasteiger partial charge in [-0.1, -0.05) is 37.3 Å². The number of benzene rings is 2. The smallest absolute Gasteiger partial charge is 0.362 e. The molecule has 1 aromatic heterocycles. The number of carbonyl (C=O) groups is 1. The molecule has 0 aliphatic heterocycles. The Labute approximate surface area is 144 Å². The van der Waals surface area contributed by atoms with Crippen LogP contribution < -0.4 is 21.6 Å². The molecular weight excluding hydrogens is 318 g/mol. The zero-order valence-electron chi connectivity index (χ0n) is 13.8. The molecule has 0 fully saturated rings. The molecule has 0 spiro atoms. The van der Waals surface area contributed by atoms with Crippen LogP contribution in [0.15, 0.2) is 63.8 Å². The van der Waals surface area contributed by atoms with E-state index in [1.165, 1.54) is 0 Å². The Bertz CT molecular complexity index is 936. The molecule has 3 N–H and O–H groups in total. The summed E-state index contributed by atoms with van der Waals surface area (Å²) in [4.78, 5) is 24.6. The molecule has 0 unspecified atom stereocenters. The summed E-state index contributed by atoms with van der Waals surface area (Å²) in [5.41, 5.74) is 1.17. The SMILES string of the molecule is CCCNc1c(NC(=O)Nc2ccccc2)c(=O)oc2ccccc12. The van der Waals surface area contributed by atoms with E-state index in [1.54, 1.807) is 24.3 Å². The molecule has 1 heterocycles. The maximum absolute atomic E-state index is 12.4. The van der Waals surface area contributed by atoms with Gasteiger partial charge in [-0.25, -0.2) is 9.59 Å². The Morgan fingerprint density at radius 1 is 0.960 bits per heavy atom. The first-order chi connectivity index (χ1) is 12.2. The normalized spacial score (nSPS) is 10.4. The van der Waals surface area contributed by atoms with Crippen molar-refractivity contribution >= 4 is 34.1 Å². The maximum Gasteiger partial charge on any atom is 0.362 e. The van der Waals surface area contributed by atoms with Gasteiger partial charge in [0, 0.05) is 17.6 Å². The van der Waals surface area contributed by atoms with Gasteiger partial charge in [0.1, 0.15) is 5.58 Å². The first kappa shape index (κ1) is 16.6. The highest BCUT2D eigenvalue weighted by atomic mass is 16.4. The Hall–Kier alpha value is -3.28. The van der Waals surface area contributed by atoms with Crippen molar-refractivity contribution in [3.8, 4) is 0 Å². The van der Waals surface area contributed by atoms with E-state index in [9.17, 15) is 9.59 Å². The van der Waals surface area contributed by atoms with Crippen molar-refractivity contribution in [2.45, 2.75) is 13.3 Å². The first-order valence-corrected chi connectivity index (χ1v) is 8.12. The standard InChI is InChI=1S/C19H19N3O3/c1-2-12-20-16-14-10-6-7-11-15(14)25-18(23)17(16)22-19(24)21-13-8-4-3-5-9-13/h3-11,20H,2,12H2,1H3,(H2,21,22,24). The predicted molar refractivity (Wildman–Crippen MR) is 100 cm³/mol. The molecule has 25 heavy (non-hydrogen) atoms. The second kappa shape index (κ2) is 7.53. The van der Waals surface area contributed by atoms with Gasteiger partial charge in [-0.05, 0) is 30.7 Å². The Kier molecular flexibility index (Phi) is 4.99. The van der Waals surface area contributed by atoms with Crippen LogP contribution in [-0.2, 0) is 0 Å². The average molecular weight is 337 g/mol. The molecule has 0 atom stereocenters. The van der Waals surface area contributed by atoms with Gasteiger partial charge in [-0.3, -0.25) is 5.32 Å². The Morgan fingerprint density at radius 3 is 2.44 bits per heavy atom. The van der Waals surface area contributed by atoms with Crippen LogP contribution in [0.1, 0.15) is 13.3 Å². The summed E-state index contributed by atoms with van der Waals surface area (Å²) >= 11 is 0. The lowest BCUT2D eigenvalue weighted by Crippen LogP contribution is -2.24. The van der Waals surface area contributed by atoms with E-state index in [2.05, 4.69) is 16.0 Å². The fourth-order valence-electron chi connectivity index (χ4n) is 2.49. The van der Waals surface area contributed by atoms with Crippen LogP contribution in [0.3, 0.4) is 0 Å². The van der Waals surface area contributed by atoms with Gasteiger partial charge in [0.05, 0.1) is 5.69 Å². The van der Waals surface area contributed by atoms with E-state index in [-0.39, 0.29) is 5.69 Å². The van der Waals surface area contributed by atoms with Crippen LogP contribution in [-0.4, -0.2) is 12.6 Å². The number of fused-ring (bicyclic) bond motifs is 1. The van der Waals surface area contributed by atoms with E-state index >= 15 is 0 Å². The fourth-order valence-corrected chi connectivity index (χ4v) is 2.49. The third kappa shape index (κ3) is 3.80. The third-order valence-electron chi connectivity index (χ3n) is 3.64. The van der Waals surface area contributed by atoms with Crippen molar-refractivity contribution in [1.29, 1.82) is 0 Å². The van der Waals surface area contributed by atoms with Crippen molar-refractivity contribution in [2.24, 2.45) is 0 Å². The van der Waals surface area contributed by atoms with Crippen LogP contribution >= 0.6 is 0 Å². The summed E-state index contributed by atoms with van der Waals surface area (Å²) < 4.78 is 5.33. The highest BCUT2D eigenvalue weighted by Gasteiger charge is 2.16. The molecule has 0 bridgehead atoms. The summed E-state index contributed by atoms with van der Waals surface area (Å²) in [7, 11) is 0. The lowest BCUT2D eigenvalue weighted by Gasteiger charge is -2.14. The number of carbonyl (C=O) groups excluding carboxylic acids is 1. The third-order valence-corrected chi connectivity index (χ3v) is 3.64. The second-order valence-corrected chi connectivity index (χ2v) is 5.51. The summed E-state index contributed by atoms with van der Waals surface area (Å²) in [6.45, 7) is 2.69. The highest BCUT2D eigenvalue weighted by molar-refractivity contribution is 6.05. The summed E-state index contributed by atoms with van der Waals surface area (Å²) in [5.74, 6) is 0. The molecule has 3 aromatic rings.